The lowest BCUT2D eigenvalue weighted by molar-refractivity contribution is 0.580. The Hall–Kier alpha value is -3.08. The normalized spacial score (nSPS) is 9.58. The minimum absolute atomic E-state index is 0.0882. The van der Waals surface area contributed by atoms with Gasteiger partial charge in [0, 0.05) is 10.4 Å². The molecular weight excluding hydrogens is 320 g/mol. The number of unbranched alkanes of at least 4 members (excludes halogenated alkanes) is 8. The summed E-state index contributed by atoms with van der Waals surface area (Å²) in [5.74, 6) is 0. The molecule has 0 heterocycles. The first-order valence-corrected chi connectivity index (χ1v) is 9.15. The van der Waals surface area contributed by atoms with Crippen LogP contribution in [0.25, 0.3) is 12.7 Å². The van der Waals surface area contributed by atoms with E-state index in [1.807, 2.05) is 30.4 Å². The summed E-state index contributed by atoms with van der Waals surface area (Å²) in [6, 6.07) is 7.92. The van der Waals surface area contributed by atoms with Gasteiger partial charge in [-0.2, -0.15) is 21.0 Å². The molecule has 0 radical (unpaired) electrons. The van der Waals surface area contributed by atoms with Crippen molar-refractivity contribution in [1.82, 2.24) is 0 Å². The van der Waals surface area contributed by atoms with Gasteiger partial charge in [-0.1, -0.05) is 64.5 Å². The molecule has 0 amide bonds. The van der Waals surface area contributed by atoms with Crippen LogP contribution >= 0.6 is 0 Å². The fourth-order valence-electron chi connectivity index (χ4n) is 3.03. The van der Waals surface area contributed by atoms with E-state index in [0.29, 0.717) is 11.6 Å². The van der Waals surface area contributed by atoms with Crippen molar-refractivity contribution in [2.24, 2.45) is 0 Å². The first kappa shape index (κ1) is 21.0. The maximum absolute atomic E-state index is 9.44. The van der Waals surface area contributed by atoms with Crippen molar-refractivity contribution in [2.75, 3.05) is 0 Å². The second kappa shape index (κ2) is 11.5. The van der Waals surface area contributed by atoms with Gasteiger partial charge in [-0.05, 0) is 12.8 Å². The summed E-state index contributed by atoms with van der Waals surface area (Å²) in [4.78, 5) is 0. The van der Waals surface area contributed by atoms with Crippen LogP contribution in [0.2, 0.25) is 0 Å². The van der Waals surface area contributed by atoms with Crippen LogP contribution in [0.1, 0.15) is 87.0 Å². The van der Waals surface area contributed by atoms with Gasteiger partial charge >= 0.3 is 0 Å². The second-order valence-electron chi connectivity index (χ2n) is 6.31. The summed E-state index contributed by atoms with van der Waals surface area (Å²) >= 11 is 0. The van der Waals surface area contributed by atoms with Crippen LogP contribution in [-0.4, -0.2) is 0 Å². The zero-order chi connectivity index (χ0) is 19.4. The van der Waals surface area contributed by atoms with E-state index in [1.54, 1.807) is 0 Å². The SMILES string of the molecule is C=c1c(C#N)c(C#N)c(=CCCCCCCCCCC)c(C#N)c1C#N. The van der Waals surface area contributed by atoms with Gasteiger partial charge in [0.2, 0.25) is 0 Å². The summed E-state index contributed by atoms with van der Waals surface area (Å²) in [7, 11) is 0. The Morgan fingerprint density at radius 2 is 1.12 bits per heavy atom. The fourth-order valence-corrected chi connectivity index (χ4v) is 3.03. The lowest BCUT2D eigenvalue weighted by Gasteiger charge is -2.04. The number of benzene rings is 1. The summed E-state index contributed by atoms with van der Waals surface area (Å²) in [5.41, 5.74) is 0.468. The quantitative estimate of drug-likeness (QED) is 0.635. The number of nitrogens with zero attached hydrogens (tertiary/aromatic N) is 4. The molecule has 1 rings (SSSR count). The Bertz CT molecular complexity index is 839. The number of hydrogen-bond acceptors (Lipinski definition) is 4. The van der Waals surface area contributed by atoms with Crippen LogP contribution < -0.4 is 10.4 Å². The highest BCUT2D eigenvalue weighted by Crippen LogP contribution is 2.10. The van der Waals surface area contributed by atoms with Gasteiger partial charge in [0.05, 0.1) is 22.3 Å². The van der Waals surface area contributed by atoms with Crippen LogP contribution in [0, 0.1) is 45.3 Å². The molecule has 1 aromatic rings. The maximum atomic E-state index is 9.44. The van der Waals surface area contributed by atoms with Crippen molar-refractivity contribution in [1.29, 1.82) is 21.0 Å². The average Bonchev–Trinajstić information content (AvgIpc) is 2.66. The fraction of sp³-hybridized carbons (Fsp3) is 0.455. The maximum Gasteiger partial charge on any atom is 0.101 e. The number of hydrogen-bond donors (Lipinski definition) is 0. The number of rotatable bonds is 9. The molecular formula is C22H24N4. The van der Waals surface area contributed by atoms with E-state index in [2.05, 4.69) is 13.5 Å². The molecule has 4 nitrogen and oxygen atoms in total. The van der Waals surface area contributed by atoms with Crippen LogP contribution in [0.15, 0.2) is 0 Å². The Balaban J connectivity index is 2.96. The van der Waals surface area contributed by atoms with Crippen LogP contribution in [-0.2, 0) is 0 Å². The summed E-state index contributed by atoms with van der Waals surface area (Å²) in [5, 5.41) is 38.1. The van der Waals surface area contributed by atoms with E-state index in [9.17, 15) is 21.0 Å². The average molecular weight is 344 g/mol. The molecule has 132 valence electrons. The number of nitriles is 4. The second-order valence-corrected chi connectivity index (χ2v) is 6.31. The van der Waals surface area contributed by atoms with E-state index in [0.717, 1.165) is 12.8 Å². The van der Waals surface area contributed by atoms with Crippen molar-refractivity contribution in [3.8, 4) is 24.3 Å². The van der Waals surface area contributed by atoms with Gasteiger partial charge in [0.1, 0.15) is 24.3 Å². The Morgan fingerprint density at radius 3 is 1.54 bits per heavy atom. The molecule has 0 aliphatic heterocycles. The first-order chi connectivity index (χ1) is 12.7. The van der Waals surface area contributed by atoms with E-state index in [-0.39, 0.29) is 27.5 Å². The molecule has 0 fully saturated rings. The van der Waals surface area contributed by atoms with E-state index in [4.69, 9.17) is 0 Å². The van der Waals surface area contributed by atoms with Crippen molar-refractivity contribution in [3.05, 3.63) is 32.7 Å². The Labute approximate surface area is 155 Å². The largest absolute Gasteiger partial charge is 0.192 e. The van der Waals surface area contributed by atoms with Gasteiger partial charge in [-0.25, -0.2) is 0 Å². The van der Waals surface area contributed by atoms with E-state index >= 15 is 0 Å². The van der Waals surface area contributed by atoms with Gasteiger partial charge in [-0.3, -0.25) is 0 Å². The third-order valence-electron chi connectivity index (χ3n) is 4.50. The standard InChI is InChI=1S/C22H24N4/c1-3-4-5-6-7-8-9-10-11-12-18-21(15-25)19(13-23)17(2)20(14-24)22(18)16-26/h12H,2-11H2,1H3. The van der Waals surface area contributed by atoms with Crippen molar-refractivity contribution in [3.63, 3.8) is 0 Å². The molecule has 26 heavy (non-hydrogen) atoms. The van der Waals surface area contributed by atoms with E-state index in [1.165, 1.54) is 38.5 Å². The van der Waals surface area contributed by atoms with Crippen molar-refractivity contribution in [2.45, 2.75) is 64.7 Å². The minimum atomic E-state index is 0.0882. The van der Waals surface area contributed by atoms with Crippen LogP contribution in [0.5, 0.6) is 0 Å². The predicted molar refractivity (Wildman–Crippen MR) is 102 cm³/mol. The summed E-state index contributed by atoms with van der Waals surface area (Å²) < 4.78 is 0. The predicted octanol–water partition coefficient (Wildman–Crippen LogP) is 3.89. The molecule has 0 aromatic heterocycles. The molecule has 0 saturated carbocycles. The molecule has 0 spiro atoms. The topological polar surface area (TPSA) is 95.2 Å². The molecule has 1 aromatic carbocycles. The molecule has 0 unspecified atom stereocenters. The molecule has 0 bridgehead atoms. The van der Waals surface area contributed by atoms with Crippen molar-refractivity contribution >= 4 is 12.7 Å². The Kier molecular flexibility index (Phi) is 9.25. The third-order valence-corrected chi connectivity index (χ3v) is 4.50. The molecule has 4 heteroatoms. The Morgan fingerprint density at radius 1 is 0.692 bits per heavy atom. The molecule has 0 saturated heterocycles. The van der Waals surface area contributed by atoms with E-state index < -0.39 is 0 Å². The molecule has 0 atom stereocenters. The summed E-state index contributed by atoms with van der Waals surface area (Å²) in [6.45, 7) is 5.92. The zero-order valence-corrected chi connectivity index (χ0v) is 15.4. The zero-order valence-electron chi connectivity index (χ0n) is 15.4. The minimum Gasteiger partial charge on any atom is -0.192 e. The van der Waals surface area contributed by atoms with Gasteiger partial charge in [0.15, 0.2) is 0 Å². The van der Waals surface area contributed by atoms with Crippen LogP contribution in [0.4, 0.5) is 0 Å². The first-order valence-electron chi connectivity index (χ1n) is 9.15. The van der Waals surface area contributed by atoms with Crippen LogP contribution in [0.3, 0.4) is 0 Å². The molecule has 0 aliphatic carbocycles. The lowest BCUT2D eigenvalue weighted by Crippen LogP contribution is -2.25. The smallest absolute Gasteiger partial charge is 0.101 e. The van der Waals surface area contributed by atoms with Gasteiger partial charge < -0.3 is 0 Å². The highest BCUT2D eigenvalue weighted by Gasteiger charge is 2.15. The van der Waals surface area contributed by atoms with Gasteiger partial charge in [0.25, 0.3) is 0 Å². The highest BCUT2D eigenvalue weighted by molar-refractivity contribution is 5.61. The van der Waals surface area contributed by atoms with Crippen molar-refractivity contribution < 1.29 is 0 Å². The highest BCUT2D eigenvalue weighted by atomic mass is 14.3. The summed E-state index contributed by atoms with van der Waals surface area (Å²) in [6.07, 6.45) is 12.1. The lowest BCUT2D eigenvalue weighted by atomic mass is 9.94. The molecule has 0 N–H and O–H groups in total. The van der Waals surface area contributed by atoms with Gasteiger partial charge in [-0.15, -0.1) is 0 Å². The third kappa shape index (κ3) is 5.21. The monoisotopic (exact) mass is 344 g/mol. The molecule has 0 aliphatic rings.